The van der Waals surface area contributed by atoms with Crippen molar-refractivity contribution < 1.29 is 5.11 Å². The molecule has 9 heavy (non-hydrogen) atoms. The van der Waals surface area contributed by atoms with Crippen LogP contribution in [0.15, 0.2) is 0 Å². The van der Waals surface area contributed by atoms with Crippen molar-refractivity contribution in [2.24, 2.45) is 11.8 Å². The number of fused-ring (bicyclic) bond motifs is 2. The Bertz CT molecular complexity index is 126. The fourth-order valence-electron chi connectivity index (χ4n) is 2.21. The summed E-state index contributed by atoms with van der Waals surface area (Å²) in [6.45, 7) is 0. The number of aliphatic hydroxyl groups is 1. The monoisotopic (exact) mass is 238 g/mol. The van der Waals surface area contributed by atoms with Gasteiger partial charge in [0.25, 0.3) is 0 Å². The van der Waals surface area contributed by atoms with Crippen LogP contribution in [0.2, 0.25) is 0 Å². The van der Waals surface area contributed by atoms with Gasteiger partial charge in [-0.2, -0.15) is 0 Å². The highest BCUT2D eigenvalue weighted by Crippen LogP contribution is 2.47. The van der Waals surface area contributed by atoms with Crippen LogP contribution in [0.3, 0.4) is 0 Å². The molecule has 2 heteroatoms. The number of hydrogen-bond donors (Lipinski definition) is 1. The highest BCUT2D eigenvalue weighted by atomic mass is 127. The van der Waals surface area contributed by atoms with Crippen molar-refractivity contribution in [3.8, 4) is 0 Å². The molecular weight excluding hydrogens is 227 g/mol. The van der Waals surface area contributed by atoms with Gasteiger partial charge in [-0.1, -0.05) is 22.6 Å². The topological polar surface area (TPSA) is 20.2 Å². The largest absolute Gasteiger partial charge is 0.393 e. The smallest absolute Gasteiger partial charge is 0.0606 e. The SMILES string of the molecule is OC1[C@H]2CC[C@@H]1[C@@H](I)C2. The van der Waals surface area contributed by atoms with Crippen LogP contribution in [-0.4, -0.2) is 15.1 Å². The zero-order valence-corrected chi connectivity index (χ0v) is 7.41. The number of halogens is 1. The van der Waals surface area contributed by atoms with Crippen LogP contribution < -0.4 is 0 Å². The Morgan fingerprint density at radius 3 is 2.33 bits per heavy atom. The second kappa shape index (κ2) is 2.09. The van der Waals surface area contributed by atoms with Crippen molar-refractivity contribution in [3.05, 3.63) is 0 Å². The Kier molecular flexibility index (Phi) is 1.49. The highest BCUT2D eigenvalue weighted by Gasteiger charge is 2.45. The number of hydrogen-bond acceptors (Lipinski definition) is 1. The summed E-state index contributed by atoms with van der Waals surface area (Å²) < 4.78 is 0.774. The molecule has 2 saturated carbocycles. The summed E-state index contributed by atoms with van der Waals surface area (Å²) in [5, 5.41) is 9.49. The van der Waals surface area contributed by atoms with E-state index in [1.165, 1.54) is 19.3 Å². The van der Waals surface area contributed by atoms with Crippen molar-refractivity contribution in [1.29, 1.82) is 0 Å². The summed E-state index contributed by atoms with van der Waals surface area (Å²) in [6.07, 6.45) is 3.89. The van der Waals surface area contributed by atoms with Gasteiger partial charge in [0.15, 0.2) is 0 Å². The molecule has 0 aromatic heterocycles. The Morgan fingerprint density at radius 2 is 2.11 bits per heavy atom. The van der Waals surface area contributed by atoms with Crippen molar-refractivity contribution in [2.75, 3.05) is 0 Å². The van der Waals surface area contributed by atoms with Crippen molar-refractivity contribution in [2.45, 2.75) is 29.3 Å². The molecule has 0 aromatic carbocycles. The molecule has 1 unspecified atom stereocenters. The van der Waals surface area contributed by atoms with Gasteiger partial charge in [-0.15, -0.1) is 0 Å². The van der Waals surface area contributed by atoms with Crippen LogP contribution in [0.1, 0.15) is 19.3 Å². The number of rotatable bonds is 0. The number of aliphatic hydroxyl groups excluding tert-OH is 1. The average molecular weight is 238 g/mol. The van der Waals surface area contributed by atoms with Crippen LogP contribution in [0, 0.1) is 11.8 Å². The van der Waals surface area contributed by atoms with Crippen molar-refractivity contribution in [3.63, 3.8) is 0 Å². The fraction of sp³-hybridized carbons (Fsp3) is 1.00. The maximum Gasteiger partial charge on any atom is 0.0606 e. The lowest BCUT2D eigenvalue weighted by molar-refractivity contribution is 0.129. The standard InChI is InChI=1S/C7H11IO/c8-6-3-4-1-2-5(6)7(4)9/h4-7,9H,1-3H2/t4-,5+,6-,7?/m0/s1. The Hall–Kier alpha value is 0.690. The summed E-state index contributed by atoms with van der Waals surface area (Å²) in [5.74, 6) is 1.31. The van der Waals surface area contributed by atoms with E-state index in [0.29, 0.717) is 11.8 Å². The Labute approximate surface area is 69.0 Å². The molecule has 0 amide bonds. The predicted octanol–water partition coefficient (Wildman–Crippen LogP) is 1.58. The summed E-state index contributed by atoms with van der Waals surface area (Å²) in [6, 6.07) is 0. The predicted molar refractivity (Wildman–Crippen MR) is 44.6 cm³/mol. The van der Waals surface area contributed by atoms with E-state index < -0.39 is 0 Å². The number of alkyl halides is 1. The van der Waals surface area contributed by atoms with Gasteiger partial charge in [0.1, 0.15) is 0 Å². The molecule has 2 bridgehead atoms. The van der Waals surface area contributed by atoms with Crippen LogP contribution in [0.4, 0.5) is 0 Å². The maximum absolute atomic E-state index is 9.49. The lowest BCUT2D eigenvalue weighted by Crippen LogP contribution is -2.14. The molecule has 0 radical (unpaired) electrons. The second-order valence-electron chi connectivity index (χ2n) is 3.24. The first kappa shape index (κ1) is 6.40. The molecule has 2 rings (SSSR count). The summed E-state index contributed by atoms with van der Waals surface area (Å²) in [5.41, 5.74) is 0. The molecule has 0 saturated heterocycles. The van der Waals surface area contributed by atoms with E-state index >= 15 is 0 Å². The van der Waals surface area contributed by atoms with Gasteiger partial charge in [0, 0.05) is 3.92 Å². The quantitative estimate of drug-likeness (QED) is 0.501. The second-order valence-corrected chi connectivity index (χ2v) is 4.84. The normalized spacial score (nSPS) is 56.7. The molecule has 2 fully saturated rings. The molecule has 2 aliphatic rings. The zero-order valence-electron chi connectivity index (χ0n) is 5.26. The van der Waals surface area contributed by atoms with Gasteiger partial charge in [-0.25, -0.2) is 0 Å². The minimum Gasteiger partial charge on any atom is -0.393 e. The van der Waals surface area contributed by atoms with E-state index in [-0.39, 0.29) is 6.10 Å². The van der Waals surface area contributed by atoms with E-state index in [1.54, 1.807) is 0 Å². The zero-order chi connectivity index (χ0) is 6.43. The van der Waals surface area contributed by atoms with Crippen LogP contribution in [-0.2, 0) is 0 Å². The van der Waals surface area contributed by atoms with E-state index in [0.717, 1.165) is 3.92 Å². The minimum atomic E-state index is 0.0619. The van der Waals surface area contributed by atoms with Gasteiger partial charge in [-0.3, -0.25) is 0 Å². The molecule has 1 N–H and O–H groups in total. The van der Waals surface area contributed by atoms with Crippen LogP contribution >= 0.6 is 22.6 Å². The van der Waals surface area contributed by atoms with E-state index in [2.05, 4.69) is 22.6 Å². The van der Waals surface area contributed by atoms with Gasteiger partial charge in [-0.05, 0) is 31.1 Å². The van der Waals surface area contributed by atoms with Crippen LogP contribution in [0.25, 0.3) is 0 Å². The van der Waals surface area contributed by atoms with Gasteiger partial charge < -0.3 is 5.11 Å². The summed E-state index contributed by atoms with van der Waals surface area (Å²) in [4.78, 5) is 0. The lowest BCUT2D eigenvalue weighted by atomic mass is 10.0. The molecular formula is C7H11IO. The van der Waals surface area contributed by atoms with E-state index in [9.17, 15) is 5.11 Å². The van der Waals surface area contributed by atoms with Gasteiger partial charge in [0.05, 0.1) is 6.10 Å². The lowest BCUT2D eigenvalue weighted by Gasteiger charge is -2.13. The minimum absolute atomic E-state index is 0.0619. The van der Waals surface area contributed by atoms with Gasteiger partial charge in [0.2, 0.25) is 0 Å². The summed E-state index contributed by atoms with van der Waals surface area (Å²) >= 11 is 2.48. The highest BCUT2D eigenvalue weighted by molar-refractivity contribution is 14.1. The Morgan fingerprint density at radius 1 is 1.33 bits per heavy atom. The maximum atomic E-state index is 9.49. The first-order valence-electron chi connectivity index (χ1n) is 3.61. The molecule has 2 aliphatic carbocycles. The molecule has 0 aromatic rings. The fourth-order valence-corrected chi connectivity index (χ4v) is 3.65. The van der Waals surface area contributed by atoms with Gasteiger partial charge >= 0.3 is 0 Å². The first-order chi connectivity index (χ1) is 4.29. The van der Waals surface area contributed by atoms with Crippen molar-refractivity contribution >= 4 is 22.6 Å². The first-order valence-corrected chi connectivity index (χ1v) is 4.86. The molecule has 0 aliphatic heterocycles. The molecule has 4 atom stereocenters. The molecule has 52 valence electrons. The third kappa shape index (κ3) is 0.827. The third-order valence-corrected chi connectivity index (χ3v) is 4.22. The van der Waals surface area contributed by atoms with E-state index in [1.807, 2.05) is 0 Å². The average Bonchev–Trinajstić information content (AvgIpc) is 2.25. The van der Waals surface area contributed by atoms with Crippen LogP contribution in [0.5, 0.6) is 0 Å². The van der Waals surface area contributed by atoms with E-state index in [4.69, 9.17) is 0 Å². The Balaban J connectivity index is 2.16. The third-order valence-electron chi connectivity index (χ3n) is 2.78. The molecule has 0 heterocycles. The molecule has 0 spiro atoms. The molecule has 1 nitrogen and oxygen atoms in total. The van der Waals surface area contributed by atoms with Crippen molar-refractivity contribution in [1.82, 2.24) is 0 Å². The summed E-state index contributed by atoms with van der Waals surface area (Å²) in [7, 11) is 0.